The maximum atomic E-state index is 13.8. The molecule has 1 aliphatic heterocycles. The molecule has 0 amide bonds. The molecule has 9 heteroatoms. The first kappa shape index (κ1) is 29.1. The Morgan fingerprint density at radius 3 is 2.07 bits per heavy atom. The zero-order valence-corrected chi connectivity index (χ0v) is 24.9. The van der Waals surface area contributed by atoms with E-state index in [1.807, 2.05) is 87.5 Å². The van der Waals surface area contributed by atoms with Crippen molar-refractivity contribution in [3.63, 3.8) is 0 Å². The molecule has 0 saturated heterocycles. The van der Waals surface area contributed by atoms with Crippen LogP contribution in [0.25, 0.3) is 0 Å². The van der Waals surface area contributed by atoms with Crippen molar-refractivity contribution in [2.75, 3.05) is 4.72 Å². The number of sulfonamides is 1. The van der Waals surface area contributed by atoms with Gasteiger partial charge in [-0.2, -0.15) is 8.42 Å². The third-order valence-corrected chi connectivity index (χ3v) is 8.71. The Morgan fingerprint density at radius 1 is 0.952 bits per heavy atom. The van der Waals surface area contributed by atoms with E-state index in [0.29, 0.717) is 24.1 Å². The lowest BCUT2D eigenvalue weighted by molar-refractivity contribution is -0.148. The summed E-state index contributed by atoms with van der Waals surface area (Å²) in [6.07, 6.45) is 3.43. The lowest BCUT2D eigenvalue weighted by Crippen LogP contribution is -2.37. The van der Waals surface area contributed by atoms with Crippen LogP contribution in [-0.2, 0) is 39.4 Å². The Kier molecular flexibility index (Phi) is 7.72. The summed E-state index contributed by atoms with van der Waals surface area (Å²) in [5, 5.41) is 11.9. The zero-order valence-electron chi connectivity index (χ0n) is 24.1. The number of imidazole rings is 1. The number of aromatic nitrogens is 2. The van der Waals surface area contributed by atoms with Crippen LogP contribution in [0.2, 0.25) is 0 Å². The number of rotatable bonds is 9. The number of hydrogen-bond acceptors (Lipinski definition) is 6. The van der Waals surface area contributed by atoms with E-state index in [2.05, 4.69) is 9.71 Å². The predicted molar refractivity (Wildman–Crippen MR) is 161 cm³/mol. The van der Waals surface area contributed by atoms with Gasteiger partial charge in [0.1, 0.15) is 5.76 Å². The summed E-state index contributed by atoms with van der Waals surface area (Å²) in [7, 11) is -2.24. The highest BCUT2D eigenvalue weighted by Crippen LogP contribution is 2.49. The summed E-state index contributed by atoms with van der Waals surface area (Å²) in [4.78, 5) is 17.7. The monoisotopic (exact) mass is 585 g/mol. The number of anilines is 1. The lowest BCUT2D eigenvalue weighted by Gasteiger charge is -2.32. The molecular weight excluding hydrogens is 550 g/mol. The average molecular weight is 586 g/mol. The zero-order chi connectivity index (χ0) is 30.1. The Morgan fingerprint density at radius 2 is 1.55 bits per heavy atom. The molecule has 1 aliphatic rings. The maximum absolute atomic E-state index is 13.8. The number of carbonyl (C=O) groups is 1. The number of esters is 1. The van der Waals surface area contributed by atoms with E-state index in [9.17, 15) is 18.3 Å². The van der Waals surface area contributed by atoms with Crippen molar-refractivity contribution in [3.8, 4) is 0 Å². The molecule has 1 atom stereocenters. The molecule has 1 aromatic heterocycles. The van der Waals surface area contributed by atoms with Crippen LogP contribution in [-0.4, -0.2) is 34.6 Å². The SMILES string of the molecule is Cn1cnc(S(=O)(=O)Nc2cccc(C(C3=C(O)C(Cc4ccccc4)(Cc4ccccc4)OC3=O)C(C)(C)C)c2)c1. The highest BCUT2D eigenvalue weighted by molar-refractivity contribution is 7.92. The van der Waals surface area contributed by atoms with Crippen LogP contribution >= 0.6 is 0 Å². The molecule has 1 unspecified atom stereocenters. The summed E-state index contributed by atoms with van der Waals surface area (Å²) in [6, 6.07) is 26.2. The van der Waals surface area contributed by atoms with Gasteiger partial charge in [0.15, 0.2) is 10.6 Å². The van der Waals surface area contributed by atoms with Gasteiger partial charge in [0.05, 0.1) is 11.9 Å². The second-order valence-corrected chi connectivity index (χ2v) is 13.5. The second-order valence-electron chi connectivity index (χ2n) is 11.9. The molecule has 0 aliphatic carbocycles. The Labute approximate surface area is 246 Å². The number of aliphatic hydroxyl groups excluding tert-OH is 1. The van der Waals surface area contributed by atoms with E-state index in [1.54, 1.807) is 29.8 Å². The first-order valence-corrected chi connectivity index (χ1v) is 15.2. The number of hydrogen-bond donors (Lipinski definition) is 2. The average Bonchev–Trinajstić information content (AvgIpc) is 3.47. The van der Waals surface area contributed by atoms with Gasteiger partial charge in [-0.25, -0.2) is 9.78 Å². The van der Waals surface area contributed by atoms with Gasteiger partial charge in [-0.3, -0.25) is 4.72 Å². The summed E-state index contributed by atoms with van der Waals surface area (Å²) >= 11 is 0. The van der Waals surface area contributed by atoms with Crippen LogP contribution in [0.5, 0.6) is 0 Å². The van der Waals surface area contributed by atoms with Gasteiger partial charge < -0.3 is 14.4 Å². The molecular formula is C33H35N3O5S. The van der Waals surface area contributed by atoms with Gasteiger partial charge in [0.25, 0.3) is 10.0 Å². The van der Waals surface area contributed by atoms with E-state index < -0.39 is 32.9 Å². The number of nitrogens with one attached hydrogen (secondary N) is 1. The smallest absolute Gasteiger partial charge is 0.339 e. The topological polar surface area (TPSA) is 111 Å². The van der Waals surface area contributed by atoms with Crippen molar-refractivity contribution in [3.05, 3.63) is 125 Å². The maximum Gasteiger partial charge on any atom is 0.339 e. The van der Waals surface area contributed by atoms with Crippen molar-refractivity contribution in [1.29, 1.82) is 0 Å². The number of nitrogens with zero attached hydrogens (tertiary/aromatic N) is 2. The number of benzene rings is 3. The minimum atomic E-state index is -3.93. The van der Waals surface area contributed by atoms with E-state index in [0.717, 1.165) is 11.1 Å². The highest BCUT2D eigenvalue weighted by atomic mass is 32.2. The molecule has 0 bridgehead atoms. The van der Waals surface area contributed by atoms with Gasteiger partial charge in [-0.05, 0) is 34.2 Å². The van der Waals surface area contributed by atoms with Gasteiger partial charge >= 0.3 is 5.97 Å². The van der Waals surface area contributed by atoms with Crippen LogP contribution < -0.4 is 4.72 Å². The molecule has 0 fully saturated rings. The lowest BCUT2D eigenvalue weighted by atomic mass is 9.71. The first-order valence-electron chi connectivity index (χ1n) is 13.7. The molecule has 42 heavy (non-hydrogen) atoms. The van der Waals surface area contributed by atoms with Crippen LogP contribution in [0.15, 0.2) is 114 Å². The third-order valence-electron chi connectivity index (χ3n) is 7.44. The molecule has 5 rings (SSSR count). The summed E-state index contributed by atoms with van der Waals surface area (Å²) in [5.74, 6) is -1.28. The van der Waals surface area contributed by atoms with Gasteiger partial charge in [-0.15, -0.1) is 0 Å². The third kappa shape index (κ3) is 5.97. The van der Waals surface area contributed by atoms with Crippen molar-refractivity contribution >= 4 is 21.7 Å². The van der Waals surface area contributed by atoms with E-state index >= 15 is 0 Å². The number of aliphatic hydroxyl groups is 1. The molecule has 4 aromatic rings. The minimum absolute atomic E-state index is 0.0976. The fourth-order valence-electron chi connectivity index (χ4n) is 5.65. The quantitative estimate of drug-likeness (QED) is 0.235. The van der Waals surface area contributed by atoms with Crippen molar-refractivity contribution in [2.24, 2.45) is 12.5 Å². The van der Waals surface area contributed by atoms with E-state index in [-0.39, 0.29) is 16.4 Å². The summed E-state index contributed by atoms with van der Waals surface area (Å²) < 4.78 is 36.3. The van der Waals surface area contributed by atoms with Crippen molar-refractivity contribution < 1.29 is 23.1 Å². The summed E-state index contributed by atoms with van der Waals surface area (Å²) in [6.45, 7) is 5.93. The molecule has 3 aromatic carbocycles. The second kappa shape index (κ2) is 11.1. The molecule has 218 valence electrons. The molecule has 0 spiro atoms. The Balaban J connectivity index is 1.58. The van der Waals surface area contributed by atoms with E-state index in [1.165, 1.54) is 12.5 Å². The van der Waals surface area contributed by atoms with Crippen LogP contribution in [0.3, 0.4) is 0 Å². The van der Waals surface area contributed by atoms with E-state index in [4.69, 9.17) is 4.74 Å². The van der Waals surface area contributed by atoms with Crippen LogP contribution in [0.1, 0.15) is 43.4 Å². The highest BCUT2D eigenvalue weighted by Gasteiger charge is 2.52. The Bertz CT molecular complexity index is 1680. The standard InChI is InChI=1S/C33H35N3O5S/c1-32(2,3)29(25-16-11-17-26(18-25)35-42(39,40)27-21-36(4)22-34-27)28-30(37)33(41-31(28)38,19-23-12-7-5-8-13-23)20-24-14-9-6-10-15-24/h5-18,21-22,29,35,37H,19-20H2,1-4H3. The van der Waals surface area contributed by atoms with Crippen molar-refractivity contribution in [1.82, 2.24) is 9.55 Å². The molecule has 0 saturated carbocycles. The van der Waals surface area contributed by atoms with Gasteiger partial charge in [0, 0.05) is 37.7 Å². The minimum Gasteiger partial charge on any atom is -0.507 e. The molecule has 2 N–H and O–H groups in total. The number of ether oxygens (including phenoxy) is 1. The predicted octanol–water partition coefficient (Wildman–Crippen LogP) is 5.94. The molecule has 2 heterocycles. The fourth-order valence-corrected chi connectivity index (χ4v) is 6.68. The number of carbonyl (C=O) groups excluding carboxylic acids is 1. The first-order chi connectivity index (χ1) is 19.9. The van der Waals surface area contributed by atoms with Gasteiger partial charge in [-0.1, -0.05) is 93.6 Å². The largest absolute Gasteiger partial charge is 0.507 e. The number of cyclic esters (lactones) is 1. The number of aryl methyl sites for hydroxylation is 1. The van der Waals surface area contributed by atoms with Crippen LogP contribution in [0.4, 0.5) is 5.69 Å². The molecule has 0 radical (unpaired) electrons. The van der Waals surface area contributed by atoms with Gasteiger partial charge in [0.2, 0.25) is 0 Å². The fraction of sp³-hybridized carbons (Fsp3) is 0.273. The molecule has 8 nitrogen and oxygen atoms in total. The Hall–Kier alpha value is -4.37. The summed E-state index contributed by atoms with van der Waals surface area (Å²) in [5.41, 5.74) is 1.17. The van der Waals surface area contributed by atoms with Crippen LogP contribution in [0, 0.1) is 5.41 Å². The normalized spacial score (nSPS) is 15.9. The van der Waals surface area contributed by atoms with Crippen molar-refractivity contribution in [2.45, 2.75) is 50.2 Å².